The Morgan fingerprint density at radius 3 is 2.60 bits per heavy atom. The number of nitrogens with one attached hydrogen (secondary N) is 1. The third-order valence-corrected chi connectivity index (χ3v) is 3.21. The van der Waals surface area contributed by atoms with Gasteiger partial charge in [-0.3, -0.25) is 9.59 Å². The summed E-state index contributed by atoms with van der Waals surface area (Å²) in [6.45, 7) is 0. The molecule has 108 valence electrons. The van der Waals surface area contributed by atoms with Gasteiger partial charge in [-0.1, -0.05) is 0 Å². The van der Waals surface area contributed by atoms with E-state index in [1.54, 1.807) is 0 Å². The first kappa shape index (κ1) is 15.8. The van der Waals surface area contributed by atoms with Crippen LogP contribution in [-0.2, 0) is 9.59 Å². The number of benzene rings is 1. The number of carbonyl (C=O) groups excluding carboxylic acids is 2. The summed E-state index contributed by atoms with van der Waals surface area (Å²) >= 11 is 1.24. The zero-order chi connectivity index (χ0) is 15.1. The lowest BCUT2D eigenvalue weighted by Crippen LogP contribution is -2.16. The van der Waals surface area contributed by atoms with Gasteiger partial charge < -0.3 is 21.3 Å². The zero-order valence-corrected chi connectivity index (χ0v) is 11.3. The van der Waals surface area contributed by atoms with Gasteiger partial charge >= 0.3 is 5.97 Å². The molecule has 0 spiro atoms. The number of rotatable bonds is 7. The molecule has 0 saturated heterocycles. The molecule has 0 radical (unpaired) electrons. The Labute approximate surface area is 119 Å². The number of carbonyl (C=O) groups is 3. The summed E-state index contributed by atoms with van der Waals surface area (Å²) in [5.41, 5.74) is 4.95. The molecule has 1 rings (SSSR count). The number of aromatic hydroxyl groups is 1. The summed E-state index contributed by atoms with van der Waals surface area (Å²) in [6.07, 6.45) is 0.168. The zero-order valence-electron chi connectivity index (χ0n) is 10.5. The van der Waals surface area contributed by atoms with Crippen molar-refractivity contribution in [2.24, 2.45) is 5.73 Å². The van der Waals surface area contributed by atoms with E-state index in [-0.39, 0.29) is 35.1 Å². The van der Waals surface area contributed by atoms with Gasteiger partial charge in [-0.05, 0) is 18.2 Å². The number of nitrogens with two attached hydrogens (primary N) is 1. The van der Waals surface area contributed by atoms with Crippen LogP contribution in [0.4, 0.5) is 5.69 Å². The number of hydrogen-bond donors (Lipinski definition) is 4. The van der Waals surface area contributed by atoms with E-state index in [4.69, 9.17) is 10.8 Å². The molecule has 7 nitrogen and oxygen atoms in total. The van der Waals surface area contributed by atoms with Crippen LogP contribution in [0.15, 0.2) is 18.2 Å². The fraction of sp³-hybridized carbons (Fsp3) is 0.250. The molecule has 0 aliphatic carbocycles. The standard InChI is InChI=1S/C12H14N2O5S/c13-10(16)6-20-4-3-11(17)14-7-1-2-9(15)8(5-7)12(18)19/h1-2,5,15H,3-4,6H2,(H2,13,16)(H,14,17)(H,18,19). The van der Waals surface area contributed by atoms with E-state index in [0.717, 1.165) is 0 Å². The van der Waals surface area contributed by atoms with Gasteiger partial charge in [-0.15, -0.1) is 0 Å². The predicted molar refractivity (Wildman–Crippen MR) is 74.8 cm³/mol. The van der Waals surface area contributed by atoms with Crippen molar-refractivity contribution in [1.29, 1.82) is 0 Å². The minimum Gasteiger partial charge on any atom is -0.507 e. The van der Waals surface area contributed by atoms with Gasteiger partial charge in [-0.2, -0.15) is 11.8 Å². The van der Waals surface area contributed by atoms with Crippen LogP contribution < -0.4 is 11.1 Å². The van der Waals surface area contributed by atoms with Gasteiger partial charge in [0.2, 0.25) is 11.8 Å². The molecule has 2 amide bonds. The highest BCUT2D eigenvalue weighted by molar-refractivity contribution is 7.99. The highest BCUT2D eigenvalue weighted by Gasteiger charge is 2.11. The van der Waals surface area contributed by atoms with Crippen molar-refractivity contribution in [1.82, 2.24) is 0 Å². The molecule has 0 aromatic heterocycles. The van der Waals surface area contributed by atoms with Crippen molar-refractivity contribution in [3.63, 3.8) is 0 Å². The summed E-state index contributed by atoms with van der Waals surface area (Å²) in [4.78, 5) is 32.9. The quantitative estimate of drug-likeness (QED) is 0.431. The molecule has 0 fully saturated rings. The Morgan fingerprint density at radius 1 is 1.30 bits per heavy atom. The second-order valence-corrected chi connectivity index (χ2v) is 4.96. The second-order valence-electron chi connectivity index (χ2n) is 3.85. The topological polar surface area (TPSA) is 130 Å². The molecule has 8 heteroatoms. The predicted octanol–water partition coefficient (Wildman–Crippen LogP) is 0.637. The number of hydrogen-bond acceptors (Lipinski definition) is 5. The Balaban J connectivity index is 2.52. The third-order valence-electron chi connectivity index (χ3n) is 2.23. The fourth-order valence-corrected chi connectivity index (χ4v) is 2.02. The normalized spacial score (nSPS) is 10.0. The van der Waals surface area contributed by atoms with E-state index in [1.807, 2.05) is 0 Å². The average molecular weight is 298 g/mol. The molecule has 0 heterocycles. The molecule has 0 unspecified atom stereocenters. The monoisotopic (exact) mass is 298 g/mol. The highest BCUT2D eigenvalue weighted by atomic mass is 32.2. The van der Waals surface area contributed by atoms with E-state index < -0.39 is 11.9 Å². The van der Waals surface area contributed by atoms with E-state index in [1.165, 1.54) is 30.0 Å². The van der Waals surface area contributed by atoms with Crippen LogP contribution in [0.2, 0.25) is 0 Å². The number of phenols is 1. The van der Waals surface area contributed by atoms with Gasteiger partial charge in [0, 0.05) is 17.9 Å². The van der Waals surface area contributed by atoms with Crippen LogP contribution in [0.1, 0.15) is 16.8 Å². The smallest absolute Gasteiger partial charge is 0.339 e. The lowest BCUT2D eigenvalue weighted by atomic mass is 10.2. The summed E-state index contributed by atoms with van der Waals surface area (Å²) in [6, 6.07) is 3.77. The van der Waals surface area contributed by atoms with Crippen LogP contribution in [-0.4, -0.2) is 39.5 Å². The molecule has 1 aromatic carbocycles. The van der Waals surface area contributed by atoms with E-state index in [2.05, 4.69) is 5.32 Å². The molecule has 0 saturated carbocycles. The van der Waals surface area contributed by atoms with E-state index in [9.17, 15) is 19.5 Å². The first-order chi connectivity index (χ1) is 9.40. The van der Waals surface area contributed by atoms with Crippen LogP contribution in [0, 0.1) is 0 Å². The third kappa shape index (κ3) is 5.19. The van der Waals surface area contributed by atoms with Crippen molar-refractivity contribution in [2.75, 3.05) is 16.8 Å². The first-order valence-corrected chi connectivity index (χ1v) is 6.78. The summed E-state index contributed by atoms with van der Waals surface area (Å²) in [5.74, 6) is -1.83. The van der Waals surface area contributed by atoms with Gasteiger partial charge in [0.15, 0.2) is 0 Å². The number of carboxylic acids is 1. The summed E-state index contributed by atoms with van der Waals surface area (Å²) in [5, 5.41) is 20.7. The van der Waals surface area contributed by atoms with Crippen molar-refractivity contribution in [2.45, 2.75) is 6.42 Å². The molecule has 5 N–H and O–H groups in total. The number of thioether (sulfide) groups is 1. The van der Waals surface area contributed by atoms with Crippen LogP contribution in [0.25, 0.3) is 0 Å². The maximum Gasteiger partial charge on any atom is 0.339 e. The second kappa shape index (κ2) is 7.39. The number of aromatic carboxylic acids is 1. The Bertz CT molecular complexity index is 533. The van der Waals surface area contributed by atoms with Crippen molar-refractivity contribution < 1.29 is 24.6 Å². The van der Waals surface area contributed by atoms with Crippen LogP contribution in [0.3, 0.4) is 0 Å². The highest BCUT2D eigenvalue weighted by Crippen LogP contribution is 2.21. The largest absolute Gasteiger partial charge is 0.507 e. The molecule has 0 aliphatic heterocycles. The van der Waals surface area contributed by atoms with Gasteiger partial charge in [0.25, 0.3) is 0 Å². The van der Waals surface area contributed by atoms with Crippen molar-refractivity contribution in [3.8, 4) is 5.75 Å². The van der Waals surface area contributed by atoms with Gasteiger partial charge in [-0.25, -0.2) is 4.79 Å². The van der Waals surface area contributed by atoms with Crippen molar-refractivity contribution in [3.05, 3.63) is 23.8 Å². The van der Waals surface area contributed by atoms with Crippen LogP contribution in [0.5, 0.6) is 5.75 Å². The minimum absolute atomic E-state index is 0.148. The lowest BCUT2D eigenvalue weighted by molar-refractivity contribution is -0.116. The molecule has 20 heavy (non-hydrogen) atoms. The Morgan fingerprint density at radius 2 is 2.00 bits per heavy atom. The van der Waals surface area contributed by atoms with Crippen molar-refractivity contribution >= 4 is 35.2 Å². The molecule has 0 bridgehead atoms. The molecular formula is C12H14N2O5S. The van der Waals surface area contributed by atoms with Gasteiger partial charge in [0.05, 0.1) is 5.75 Å². The number of amides is 2. The molecular weight excluding hydrogens is 284 g/mol. The molecule has 0 aliphatic rings. The Hall–Kier alpha value is -2.22. The Kier molecular flexibility index (Phi) is 5.85. The number of primary amides is 1. The minimum atomic E-state index is -1.28. The molecule has 1 aromatic rings. The number of carboxylic acid groups (broad SMARTS) is 1. The summed E-state index contributed by atoms with van der Waals surface area (Å²) in [7, 11) is 0. The van der Waals surface area contributed by atoms with Crippen LogP contribution >= 0.6 is 11.8 Å². The lowest BCUT2D eigenvalue weighted by Gasteiger charge is -2.07. The van der Waals surface area contributed by atoms with E-state index in [0.29, 0.717) is 5.75 Å². The molecule has 0 atom stereocenters. The first-order valence-electron chi connectivity index (χ1n) is 5.62. The maximum absolute atomic E-state index is 11.6. The van der Waals surface area contributed by atoms with Gasteiger partial charge in [0.1, 0.15) is 11.3 Å². The maximum atomic E-state index is 11.6. The summed E-state index contributed by atoms with van der Waals surface area (Å²) < 4.78 is 0. The fourth-order valence-electron chi connectivity index (χ4n) is 1.35. The SMILES string of the molecule is NC(=O)CSCCC(=O)Nc1ccc(O)c(C(=O)O)c1. The van der Waals surface area contributed by atoms with E-state index >= 15 is 0 Å². The number of anilines is 1. The average Bonchev–Trinajstić information content (AvgIpc) is 2.36.